The van der Waals surface area contributed by atoms with Crippen molar-refractivity contribution >= 4 is 10.0 Å². The van der Waals surface area contributed by atoms with Gasteiger partial charge in [-0.15, -0.1) is 0 Å². The summed E-state index contributed by atoms with van der Waals surface area (Å²) in [6.45, 7) is 6.91. The Labute approximate surface area is 166 Å². The van der Waals surface area contributed by atoms with Crippen molar-refractivity contribution in [1.82, 2.24) is 19.0 Å². The van der Waals surface area contributed by atoms with Crippen LogP contribution in [0.25, 0.3) is 5.69 Å². The molecule has 2 aromatic rings. The van der Waals surface area contributed by atoms with Crippen molar-refractivity contribution in [2.75, 3.05) is 45.9 Å². The lowest BCUT2D eigenvalue weighted by molar-refractivity contribution is 0.109. The first-order chi connectivity index (χ1) is 13.5. The molecule has 2 saturated heterocycles. The van der Waals surface area contributed by atoms with Gasteiger partial charge in [0.1, 0.15) is 0 Å². The molecule has 28 heavy (non-hydrogen) atoms. The lowest BCUT2D eigenvalue weighted by atomic mass is 10.1. The van der Waals surface area contributed by atoms with Gasteiger partial charge in [0, 0.05) is 37.9 Å². The van der Waals surface area contributed by atoms with Gasteiger partial charge in [-0.3, -0.25) is 0 Å². The zero-order valence-corrected chi connectivity index (χ0v) is 17.1. The molecular formula is C20H28N4O3S. The Hall–Kier alpha value is -1.74. The number of hydrogen-bond donors (Lipinski definition) is 0. The molecule has 1 aromatic carbocycles. The van der Waals surface area contributed by atoms with Gasteiger partial charge in [0.2, 0.25) is 10.0 Å². The van der Waals surface area contributed by atoms with Crippen molar-refractivity contribution in [1.29, 1.82) is 0 Å². The minimum absolute atomic E-state index is 0.199. The summed E-state index contributed by atoms with van der Waals surface area (Å²) in [6, 6.07) is 7.28. The predicted molar refractivity (Wildman–Crippen MR) is 107 cm³/mol. The van der Waals surface area contributed by atoms with Crippen molar-refractivity contribution in [3.8, 4) is 5.69 Å². The molecule has 0 amide bonds. The SMILES string of the molecule is Cc1ccc(-n2cccn2)cc1S(=O)(=O)N1CCOCC(CN2CCCC2)C1. The summed E-state index contributed by atoms with van der Waals surface area (Å²) in [5, 5.41) is 4.22. The summed E-state index contributed by atoms with van der Waals surface area (Å²) in [5.41, 5.74) is 1.49. The van der Waals surface area contributed by atoms with Crippen LogP contribution in [0.3, 0.4) is 0 Å². The highest BCUT2D eigenvalue weighted by Gasteiger charge is 2.31. The topological polar surface area (TPSA) is 67.7 Å². The number of nitrogens with zero attached hydrogens (tertiary/aromatic N) is 4. The fourth-order valence-corrected chi connectivity index (χ4v) is 5.82. The highest BCUT2D eigenvalue weighted by molar-refractivity contribution is 7.89. The van der Waals surface area contributed by atoms with Crippen LogP contribution in [0.15, 0.2) is 41.6 Å². The molecule has 152 valence electrons. The third-order valence-electron chi connectivity index (χ3n) is 5.57. The van der Waals surface area contributed by atoms with Crippen LogP contribution in [0.2, 0.25) is 0 Å². The Morgan fingerprint density at radius 1 is 1.21 bits per heavy atom. The van der Waals surface area contributed by atoms with Crippen molar-refractivity contribution in [3.05, 3.63) is 42.2 Å². The maximum Gasteiger partial charge on any atom is 0.243 e. The van der Waals surface area contributed by atoms with Crippen LogP contribution >= 0.6 is 0 Å². The molecule has 0 spiro atoms. The van der Waals surface area contributed by atoms with Gasteiger partial charge in [-0.2, -0.15) is 9.40 Å². The van der Waals surface area contributed by atoms with Crippen LogP contribution < -0.4 is 0 Å². The molecule has 2 aliphatic heterocycles. The normalized spacial score (nSPS) is 22.4. The molecule has 0 saturated carbocycles. The molecule has 0 bridgehead atoms. The number of rotatable bonds is 5. The lowest BCUT2D eigenvalue weighted by Gasteiger charge is -2.26. The standard InChI is InChI=1S/C20H28N4O3S/c1-17-5-6-19(24-10-4-7-21-24)13-20(17)28(25,26)23-11-12-27-16-18(15-23)14-22-8-2-3-9-22/h4-7,10,13,18H,2-3,8-9,11-12,14-16H2,1H3. The van der Waals surface area contributed by atoms with E-state index in [9.17, 15) is 8.42 Å². The Morgan fingerprint density at radius 3 is 2.79 bits per heavy atom. The quantitative estimate of drug-likeness (QED) is 0.762. The van der Waals surface area contributed by atoms with Gasteiger partial charge in [-0.25, -0.2) is 13.1 Å². The van der Waals surface area contributed by atoms with Crippen molar-refractivity contribution in [2.24, 2.45) is 5.92 Å². The van der Waals surface area contributed by atoms with E-state index in [0.29, 0.717) is 31.2 Å². The second kappa shape index (κ2) is 8.32. The van der Waals surface area contributed by atoms with Crippen LogP contribution in [0.4, 0.5) is 0 Å². The van der Waals surface area contributed by atoms with Crippen molar-refractivity contribution in [2.45, 2.75) is 24.7 Å². The summed E-state index contributed by atoms with van der Waals surface area (Å²) >= 11 is 0. The van der Waals surface area contributed by atoms with Gasteiger partial charge in [0.25, 0.3) is 0 Å². The Balaban J connectivity index is 1.58. The Morgan fingerprint density at radius 2 is 2.04 bits per heavy atom. The minimum atomic E-state index is -3.60. The highest BCUT2D eigenvalue weighted by Crippen LogP contribution is 2.25. The zero-order valence-electron chi connectivity index (χ0n) is 16.3. The molecule has 3 heterocycles. The van der Waals surface area contributed by atoms with E-state index in [1.807, 2.05) is 31.3 Å². The molecule has 8 heteroatoms. The lowest BCUT2D eigenvalue weighted by Crippen LogP contribution is -2.39. The number of aromatic nitrogens is 2. The number of hydrogen-bond acceptors (Lipinski definition) is 5. The molecule has 1 unspecified atom stereocenters. The second-order valence-electron chi connectivity index (χ2n) is 7.71. The van der Waals surface area contributed by atoms with E-state index < -0.39 is 10.0 Å². The second-order valence-corrected chi connectivity index (χ2v) is 9.62. The number of likely N-dealkylation sites (tertiary alicyclic amines) is 1. The van der Waals surface area contributed by atoms with E-state index in [-0.39, 0.29) is 5.92 Å². The third kappa shape index (κ3) is 4.15. The molecule has 0 radical (unpaired) electrons. The van der Waals surface area contributed by atoms with E-state index in [1.54, 1.807) is 21.3 Å². The summed E-state index contributed by atoms with van der Waals surface area (Å²) < 4.78 is 36.0. The van der Waals surface area contributed by atoms with Crippen molar-refractivity contribution < 1.29 is 13.2 Å². The molecule has 2 aliphatic rings. The Bertz CT molecular complexity index is 892. The monoisotopic (exact) mass is 404 g/mol. The smallest absolute Gasteiger partial charge is 0.243 e. The molecule has 0 N–H and O–H groups in total. The first-order valence-corrected chi connectivity index (χ1v) is 11.4. The van der Waals surface area contributed by atoms with E-state index >= 15 is 0 Å². The predicted octanol–water partition coefficient (Wildman–Crippen LogP) is 1.91. The number of sulfonamides is 1. The first kappa shape index (κ1) is 19.6. The largest absolute Gasteiger partial charge is 0.380 e. The fourth-order valence-electron chi connectivity index (χ4n) is 4.08. The summed E-state index contributed by atoms with van der Waals surface area (Å²) in [6.07, 6.45) is 5.96. The van der Waals surface area contributed by atoms with Crippen LogP contribution in [0.1, 0.15) is 18.4 Å². The van der Waals surface area contributed by atoms with Crippen LogP contribution in [-0.2, 0) is 14.8 Å². The maximum absolute atomic E-state index is 13.5. The number of ether oxygens (including phenoxy) is 1. The highest BCUT2D eigenvalue weighted by atomic mass is 32.2. The average molecular weight is 405 g/mol. The average Bonchev–Trinajstić information content (AvgIpc) is 3.33. The number of benzene rings is 1. The molecule has 4 rings (SSSR count). The molecular weight excluding hydrogens is 376 g/mol. The molecule has 0 aliphatic carbocycles. The first-order valence-electron chi connectivity index (χ1n) is 9.95. The fraction of sp³-hybridized carbons (Fsp3) is 0.550. The van der Waals surface area contributed by atoms with Gasteiger partial charge < -0.3 is 9.64 Å². The Kier molecular flexibility index (Phi) is 5.82. The number of aryl methyl sites for hydroxylation is 1. The van der Waals surface area contributed by atoms with E-state index in [4.69, 9.17) is 4.74 Å². The molecule has 2 fully saturated rings. The summed E-state index contributed by atoms with van der Waals surface area (Å²) in [7, 11) is -3.60. The van der Waals surface area contributed by atoms with E-state index in [0.717, 1.165) is 30.9 Å². The minimum Gasteiger partial charge on any atom is -0.380 e. The van der Waals surface area contributed by atoms with Gasteiger partial charge in [0.05, 0.1) is 23.8 Å². The molecule has 1 aromatic heterocycles. The van der Waals surface area contributed by atoms with Crippen molar-refractivity contribution in [3.63, 3.8) is 0 Å². The van der Waals surface area contributed by atoms with Crippen LogP contribution in [0.5, 0.6) is 0 Å². The van der Waals surface area contributed by atoms with Gasteiger partial charge >= 0.3 is 0 Å². The summed E-state index contributed by atoms with van der Waals surface area (Å²) in [5.74, 6) is 0.199. The van der Waals surface area contributed by atoms with E-state index in [1.165, 1.54) is 12.8 Å². The van der Waals surface area contributed by atoms with Crippen LogP contribution in [-0.4, -0.2) is 73.3 Å². The van der Waals surface area contributed by atoms with Gasteiger partial charge in [-0.05, 0) is 56.6 Å². The summed E-state index contributed by atoms with van der Waals surface area (Å²) in [4.78, 5) is 2.77. The maximum atomic E-state index is 13.5. The van der Waals surface area contributed by atoms with Gasteiger partial charge in [-0.1, -0.05) is 6.07 Å². The van der Waals surface area contributed by atoms with Gasteiger partial charge in [0.15, 0.2) is 0 Å². The van der Waals surface area contributed by atoms with Crippen LogP contribution in [0, 0.1) is 12.8 Å². The molecule has 1 atom stereocenters. The van der Waals surface area contributed by atoms with E-state index in [2.05, 4.69) is 10.00 Å². The zero-order chi connectivity index (χ0) is 19.6. The molecule has 7 nitrogen and oxygen atoms in total. The third-order valence-corrected chi connectivity index (χ3v) is 7.58.